The molecule has 0 saturated heterocycles. The van der Waals surface area contributed by atoms with E-state index >= 15 is 0 Å². The van der Waals surface area contributed by atoms with Crippen molar-refractivity contribution in [3.63, 3.8) is 0 Å². The predicted molar refractivity (Wildman–Crippen MR) is 119 cm³/mol. The Balaban J connectivity index is 3.20. The predicted octanol–water partition coefficient (Wildman–Crippen LogP) is 1.76. The summed E-state index contributed by atoms with van der Waals surface area (Å²) in [5.41, 5.74) is -1.98. The van der Waals surface area contributed by atoms with Gasteiger partial charge in [0.1, 0.15) is 0 Å². The molecule has 1 aromatic heterocycles. The first-order valence-electron chi connectivity index (χ1n) is 10.5. The Labute approximate surface area is 178 Å². The third-order valence-corrected chi connectivity index (χ3v) is 7.27. The van der Waals surface area contributed by atoms with E-state index in [4.69, 9.17) is 13.3 Å². The Kier molecular flexibility index (Phi) is 11.6. The summed E-state index contributed by atoms with van der Waals surface area (Å²) >= 11 is 0. The van der Waals surface area contributed by atoms with Crippen LogP contribution in [0.15, 0.2) is 39.7 Å². The maximum Gasteiger partial charge on any atom is 0.501 e. The molecular formula is C20H35N3O6Si. The van der Waals surface area contributed by atoms with Crippen molar-refractivity contribution in [3.8, 4) is 0 Å². The van der Waals surface area contributed by atoms with E-state index in [9.17, 15) is 14.4 Å². The second-order valence-electron chi connectivity index (χ2n) is 6.71. The topological polar surface area (TPSA) is 93.7 Å². The summed E-state index contributed by atoms with van der Waals surface area (Å²) in [4.78, 5) is 37.9. The molecule has 9 nitrogen and oxygen atoms in total. The van der Waals surface area contributed by atoms with Crippen molar-refractivity contribution in [2.24, 2.45) is 0 Å². The van der Waals surface area contributed by atoms with Crippen LogP contribution in [-0.4, -0.2) is 42.3 Å². The normalized spacial score (nSPS) is 11.6. The molecule has 0 unspecified atom stereocenters. The summed E-state index contributed by atoms with van der Waals surface area (Å²) in [7, 11) is -2.92. The van der Waals surface area contributed by atoms with Gasteiger partial charge in [-0.05, 0) is 26.2 Å². The zero-order valence-electron chi connectivity index (χ0n) is 18.4. The lowest BCUT2D eigenvalue weighted by atomic mass is 10.4. The van der Waals surface area contributed by atoms with Crippen molar-refractivity contribution in [3.05, 3.63) is 56.8 Å². The minimum atomic E-state index is -2.92. The average Bonchev–Trinajstić information content (AvgIpc) is 2.73. The SMILES string of the molecule is C=CCn1c(=O)n(CC=C)c(=O)n(CCC[Si](OCC)(OCCC)OCCC)c1=O. The van der Waals surface area contributed by atoms with Gasteiger partial charge in [0.25, 0.3) is 0 Å². The number of hydrogen-bond acceptors (Lipinski definition) is 6. The molecule has 0 saturated carbocycles. The fourth-order valence-corrected chi connectivity index (χ4v) is 5.72. The van der Waals surface area contributed by atoms with Crippen molar-refractivity contribution in [1.29, 1.82) is 0 Å². The maximum absolute atomic E-state index is 12.7. The van der Waals surface area contributed by atoms with Crippen LogP contribution in [0.1, 0.15) is 40.0 Å². The lowest BCUT2D eigenvalue weighted by Crippen LogP contribution is -2.54. The first kappa shape index (κ1) is 26.0. The van der Waals surface area contributed by atoms with E-state index in [-0.39, 0.29) is 19.6 Å². The van der Waals surface area contributed by atoms with Gasteiger partial charge in [-0.2, -0.15) is 0 Å². The molecule has 0 aliphatic heterocycles. The third-order valence-electron chi connectivity index (χ3n) is 4.29. The average molecular weight is 442 g/mol. The molecule has 0 fully saturated rings. The van der Waals surface area contributed by atoms with Crippen LogP contribution in [0, 0.1) is 0 Å². The molecule has 0 N–H and O–H groups in total. The van der Waals surface area contributed by atoms with Crippen molar-refractivity contribution in [2.45, 2.75) is 65.7 Å². The highest BCUT2D eigenvalue weighted by atomic mass is 28.4. The number of nitrogens with zero attached hydrogens (tertiary/aromatic N) is 3. The standard InChI is InChI=1S/C20H35N3O6Si/c1-6-12-21-18(24)22(13-7-2)20(26)23(19(21)25)14-11-17-30(27-10-5,28-15-8-3)29-16-9-4/h6-7H,1-2,8-17H2,3-5H3. The van der Waals surface area contributed by atoms with Crippen LogP contribution < -0.4 is 17.1 Å². The summed E-state index contributed by atoms with van der Waals surface area (Å²) < 4.78 is 21.0. The maximum atomic E-state index is 12.7. The van der Waals surface area contributed by atoms with E-state index < -0.39 is 25.9 Å². The van der Waals surface area contributed by atoms with Crippen LogP contribution in [0.25, 0.3) is 0 Å². The lowest BCUT2D eigenvalue weighted by molar-refractivity contribution is 0.0623. The summed E-state index contributed by atoms with van der Waals surface area (Å²) in [5, 5.41) is 0. The molecule has 30 heavy (non-hydrogen) atoms. The summed E-state index contributed by atoms with van der Waals surface area (Å²) in [6.07, 6.45) is 4.99. The molecule has 0 aliphatic rings. The van der Waals surface area contributed by atoms with Gasteiger partial charge in [-0.3, -0.25) is 0 Å². The molecule has 1 heterocycles. The van der Waals surface area contributed by atoms with Crippen molar-refractivity contribution >= 4 is 8.80 Å². The van der Waals surface area contributed by atoms with Crippen LogP contribution in [0.5, 0.6) is 0 Å². The molecule has 1 aromatic rings. The molecule has 0 aliphatic carbocycles. The number of aromatic nitrogens is 3. The van der Waals surface area contributed by atoms with Gasteiger partial charge < -0.3 is 13.3 Å². The van der Waals surface area contributed by atoms with E-state index in [2.05, 4.69) is 13.2 Å². The lowest BCUT2D eigenvalue weighted by Gasteiger charge is -2.29. The first-order chi connectivity index (χ1) is 14.4. The summed E-state index contributed by atoms with van der Waals surface area (Å²) in [6.45, 7) is 14.7. The Hall–Kier alpha value is -2.01. The zero-order valence-corrected chi connectivity index (χ0v) is 19.4. The summed E-state index contributed by atoms with van der Waals surface area (Å²) in [5.74, 6) is 0. The van der Waals surface area contributed by atoms with Crippen LogP contribution in [0.2, 0.25) is 6.04 Å². The van der Waals surface area contributed by atoms with Gasteiger partial charge >= 0.3 is 25.9 Å². The van der Waals surface area contributed by atoms with E-state index in [0.717, 1.165) is 26.5 Å². The first-order valence-corrected chi connectivity index (χ1v) is 12.4. The van der Waals surface area contributed by atoms with Gasteiger partial charge in [-0.25, -0.2) is 28.1 Å². The Morgan fingerprint density at radius 2 is 1.27 bits per heavy atom. The number of allylic oxidation sites excluding steroid dienone is 2. The van der Waals surface area contributed by atoms with E-state index in [1.165, 1.54) is 12.2 Å². The fourth-order valence-electron chi connectivity index (χ4n) is 2.97. The molecule has 0 amide bonds. The largest absolute Gasteiger partial charge is 0.501 e. The van der Waals surface area contributed by atoms with E-state index in [1.807, 2.05) is 20.8 Å². The molecule has 10 heteroatoms. The highest BCUT2D eigenvalue weighted by molar-refractivity contribution is 6.60. The van der Waals surface area contributed by atoms with E-state index in [1.54, 1.807) is 0 Å². The molecule has 0 spiro atoms. The van der Waals surface area contributed by atoms with Gasteiger partial charge in [0.05, 0.1) is 13.1 Å². The molecule has 0 aromatic carbocycles. The summed E-state index contributed by atoms with van der Waals surface area (Å²) in [6, 6.07) is 0.467. The monoisotopic (exact) mass is 441 g/mol. The fraction of sp³-hybridized carbons (Fsp3) is 0.650. The van der Waals surface area contributed by atoms with Gasteiger partial charge in [0.15, 0.2) is 0 Å². The second-order valence-corrected chi connectivity index (χ2v) is 9.45. The van der Waals surface area contributed by atoms with Crippen LogP contribution in [0.3, 0.4) is 0 Å². The highest BCUT2D eigenvalue weighted by Gasteiger charge is 2.40. The quantitative estimate of drug-likeness (QED) is 0.287. The number of rotatable bonds is 16. The van der Waals surface area contributed by atoms with Crippen LogP contribution in [0.4, 0.5) is 0 Å². The Morgan fingerprint density at radius 3 is 1.67 bits per heavy atom. The van der Waals surface area contributed by atoms with Crippen LogP contribution in [-0.2, 0) is 32.9 Å². The van der Waals surface area contributed by atoms with Gasteiger partial charge in [-0.1, -0.05) is 26.0 Å². The van der Waals surface area contributed by atoms with Crippen molar-refractivity contribution < 1.29 is 13.3 Å². The van der Waals surface area contributed by atoms with Gasteiger partial charge in [0.2, 0.25) is 0 Å². The van der Waals surface area contributed by atoms with E-state index in [0.29, 0.717) is 32.3 Å². The molecule has 0 radical (unpaired) electrons. The minimum absolute atomic E-state index is 0.0198. The van der Waals surface area contributed by atoms with Gasteiger partial charge in [-0.15, -0.1) is 13.2 Å². The van der Waals surface area contributed by atoms with Crippen molar-refractivity contribution in [1.82, 2.24) is 13.7 Å². The molecular weight excluding hydrogens is 406 g/mol. The molecule has 170 valence electrons. The highest BCUT2D eigenvalue weighted by Crippen LogP contribution is 2.19. The third kappa shape index (κ3) is 6.76. The molecule has 0 atom stereocenters. The molecule has 1 rings (SSSR count). The van der Waals surface area contributed by atoms with Gasteiger partial charge in [0, 0.05) is 32.4 Å². The van der Waals surface area contributed by atoms with Crippen LogP contribution >= 0.6 is 0 Å². The number of hydrogen-bond donors (Lipinski definition) is 0. The van der Waals surface area contributed by atoms with Crippen molar-refractivity contribution in [2.75, 3.05) is 19.8 Å². The molecule has 0 bridgehead atoms. The Bertz CT molecular complexity index is 801. The zero-order chi connectivity index (χ0) is 22.6. The minimum Gasteiger partial charge on any atom is -0.374 e. The second kappa shape index (κ2) is 13.3. The Morgan fingerprint density at radius 1 is 0.800 bits per heavy atom. The smallest absolute Gasteiger partial charge is 0.374 e.